The van der Waals surface area contributed by atoms with E-state index >= 15 is 0 Å². The van der Waals surface area contributed by atoms with E-state index in [0.29, 0.717) is 5.56 Å². The van der Waals surface area contributed by atoms with E-state index in [4.69, 9.17) is 0 Å². The highest BCUT2D eigenvalue weighted by Crippen LogP contribution is 2.33. The van der Waals surface area contributed by atoms with Crippen LogP contribution in [0.25, 0.3) is 21.0 Å². The summed E-state index contributed by atoms with van der Waals surface area (Å²) >= 11 is 1.51. The third-order valence-corrected chi connectivity index (χ3v) is 4.02. The number of nitrogens with zero attached hydrogens (tertiary/aromatic N) is 1. The molecule has 19 heavy (non-hydrogen) atoms. The molecule has 3 aromatic rings. The minimum Gasteiger partial charge on any atom is -0.244 e. The SMILES string of the molecule is Cc1ccc(-c2ncc(-c3ccccc3F)s2)cc1. The summed E-state index contributed by atoms with van der Waals surface area (Å²) < 4.78 is 13.7. The van der Waals surface area contributed by atoms with E-state index in [1.165, 1.54) is 23.0 Å². The van der Waals surface area contributed by atoms with E-state index in [9.17, 15) is 4.39 Å². The van der Waals surface area contributed by atoms with Gasteiger partial charge in [-0.15, -0.1) is 11.3 Å². The summed E-state index contributed by atoms with van der Waals surface area (Å²) in [4.78, 5) is 5.24. The summed E-state index contributed by atoms with van der Waals surface area (Å²) in [6.45, 7) is 2.05. The average Bonchev–Trinajstić information content (AvgIpc) is 2.89. The lowest BCUT2D eigenvalue weighted by atomic mass is 10.2. The molecule has 0 N–H and O–H groups in total. The van der Waals surface area contributed by atoms with E-state index in [0.717, 1.165) is 15.4 Å². The van der Waals surface area contributed by atoms with Crippen molar-refractivity contribution in [2.75, 3.05) is 0 Å². The molecule has 0 fully saturated rings. The Balaban J connectivity index is 2.00. The molecule has 0 aliphatic heterocycles. The first-order valence-corrected chi connectivity index (χ1v) is 6.83. The van der Waals surface area contributed by atoms with Gasteiger partial charge in [-0.3, -0.25) is 0 Å². The van der Waals surface area contributed by atoms with Crippen LogP contribution in [0, 0.1) is 12.7 Å². The summed E-state index contributed by atoms with van der Waals surface area (Å²) in [5, 5.41) is 0.915. The molecule has 1 aromatic heterocycles. The summed E-state index contributed by atoms with van der Waals surface area (Å²) in [5.74, 6) is -0.207. The highest BCUT2D eigenvalue weighted by atomic mass is 32.1. The van der Waals surface area contributed by atoms with Gasteiger partial charge in [0.2, 0.25) is 0 Å². The summed E-state index contributed by atoms with van der Waals surface area (Å²) in [6, 6.07) is 15.0. The van der Waals surface area contributed by atoms with Crippen molar-refractivity contribution in [2.24, 2.45) is 0 Å². The molecule has 1 nitrogen and oxygen atoms in total. The Morgan fingerprint density at radius 2 is 1.74 bits per heavy atom. The van der Waals surface area contributed by atoms with Crippen molar-refractivity contribution >= 4 is 11.3 Å². The van der Waals surface area contributed by atoms with Crippen molar-refractivity contribution in [1.29, 1.82) is 0 Å². The second-order valence-electron chi connectivity index (χ2n) is 4.38. The zero-order valence-electron chi connectivity index (χ0n) is 10.4. The first kappa shape index (κ1) is 12.1. The topological polar surface area (TPSA) is 12.9 Å². The van der Waals surface area contributed by atoms with Crippen molar-refractivity contribution in [3.63, 3.8) is 0 Å². The van der Waals surface area contributed by atoms with E-state index in [1.807, 2.05) is 18.2 Å². The smallest absolute Gasteiger partial charge is 0.131 e. The lowest BCUT2D eigenvalue weighted by Crippen LogP contribution is -1.78. The number of hydrogen-bond donors (Lipinski definition) is 0. The van der Waals surface area contributed by atoms with Crippen LogP contribution in [0.5, 0.6) is 0 Å². The van der Waals surface area contributed by atoms with Crippen LogP contribution in [0.1, 0.15) is 5.56 Å². The van der Waals surface area contributed by atoms with E-state index in [1.54, 1.807) is 18.3 Å². The maximum Gasteiger partial charge on any atom is 0.131 e. The average molecular weight is 269 g/mol. The van der Waals surface area contributed by atoms with Gasteiger partial charge in [0.05, 0.1) is 4.88 Å². The van der Waals surface area contributed by atoms with Gasteiger partial charge >= 0.3 is 0 Å². The van der Waals surface area contributed by atoms with Gasteiger partial charge in [0.1, 0.15) is 10.8 Å². The largest absolute Gasteiger partial charge is 0.244 e. The maximum atomic E-state index is 13.7. The van der Waals surface area contributed by atoms with Crippen LogP contribution in [-0.2, 0) is 0 Å². The number of halogens is 1. The van der Waals surface area contributed by atoms with Crippen molar-refractivity contribution in [3.8, 4) is 21.0 Å². The van der Waals surface area contributed by atoms with Gasteiger partial charge in [0.15, 0.2) is 0 Å². The van der Waals surface area contributed by atoms with E-state index < -0.39 is 0 Å². The molecule has 0 unspecified atom stereocenters. The van der Waals surface area contributed by atoms with Crippen LogP contribution in [-0.4, -0.2) is 4.98 Å². The number of hydrogen-bond acceptors (Lipinski definition) is 2. The van der Waals surface area contributed by atoms with Crippen LogP contribution >= 0.6 is 11.3 Å². The zero-order chi connectivity index (χ0) is 13.2. The Morgan fingerprint density at radius 3 is 2.47 bits per heavy atom. The monoisotopic (exact) mass is 269 g/mol. The van der Waals surface area contributed by atoms with Crippen LogP contribution in [0.3, 0.4) is 0 Å². The molecule has 3 rings (SSSR count). The zero-order valence-corrected chi connectivity index (χ0v) is 11.2. The lowest BCUT2D eigenvalue weighted by molar-refractivity contribution is 0.631. The first-order chi connectivity index (χ1) is 9.24. The van der Waals surface area contributed by atoms with Crippen LogP contribution in [0.2, 0.25) is 0 Å². The van der Waals surface area contributed by atoms with Gasteiger partial charge in [-0.1, -0.05) is 48.0 Å². The number of benzene rings is 2. The van der Waals surface area contributed by atoms with Crippen LogP contribution in [0.4, 0.5) is 4.39 Å². The lowest BCUT2D eigenvalue weighted by Gasteiger charge is -1.98. The highest BCUT2D eigenvalue weighted by Gasteiger charge is 2.09. The van der Waals surface area contributed by atoms with Gasteiger partial charge in [0.25, 0.3) is 0 Å². The van der Waals surface area contributed by atoms with Crippen molar-refractivity contribution in [3.05, 3.63) is 66.1 Å². The normalized spacial score (nSPS) is 10.6. The summed E-state index contributed by atoms with van der Waals surface area (Å²) in [7, 11) is 0. The van der Waals surface area contributed by atoms with Gasteiger partial charge in [-0.05, 0) is 13.0 Å². The quantitative estimate of drug-likeness (QED) is 0.643. The Labute approximate surface area is 115 Å². The minimum absolute atomic E-state index is 0.207. The standard InChI is InChI=1S/C16H12FNS/c1-11-6-8-12(9-7-11)16-18-10-15(19-16)13-4-2-3-5-14(13)17/h2-10H,1H3. The number of aromatic nitrogens is 1. The molecule has 3 heteroatoms. The van der Waals surface area contributed by atoms with Crippen molar-refractivity contribution in [1.82, 2.24) is 4.98 Å². The Bertz CT molecular complexity index is 701. The van der Waals surface area contributed by atoms with Crippen LogP contribution < -0.4 is 0 Å². The number of rotatable bonds is 2. The fourth-order valence-corrected chi connectivity index (χ4v) is 2.84. The number of aryl methyl sites for hydroxylation is 1. The third kappa shape index (κ3) is 2.42. The fraction of sp³-hybridized carbons (Fsp3) is 0.0625. The molecular formula is C16H12FNS. The van der Waals surface area contributed by atoms with E-state index in [-0.39, 0.29) is 5.82 Å². The molecule has 2 aromatic carbocycles. The Morgan fingerprint density at radius 1 is 1.00 bits per heavy atom. The maximum absolute atomic E-state index is 13.7. The van der Waals surface area contributed by atoms with E-state index in [2.05, 4.69) is 24.0 Å². The molecule has 0 atom stereocenters. The van der Waals surface area contributed by atoms with Gasteiger partial charge < -0.3 is 0 Å². The summed E-state index contributed by atoms with van der Waals surface area (Å²) in [5.41, 5.74) is 2.89. The molecule has 0 saturated carbocycles. The molecule has 0 spiro atoms. The molecule has 0 saturated heterocycles. The predicted octanol–water partition coefficient (Wildman–Crippen LogP) is 4.92. The molecule has 0 amide bonds. The van der Waals surface area contributed by atoms with Gasteiger partial charge in [-0.2, -0.15) is 0 Å². The van der Waals surface area contributed by atoms with Crippen LogP contribution in [0.15, 0.2) is 54.7 Å². The van der Waals surface area contributed by atoms with Crippen molar-refractivity contribution < 1.29 is 4.39 Å². The Hall–Kier alpha value is -2.00. The fourth-order valence-electron chi connectivity index (χ4n) is 1.89. The molecule has 0 bridgehead atoms. The second-order valence-corrected chi connectivity index (χ2v) is 5.41. The van der Waals surface area contributed by atoms with Gasteiger partial charge in [0, 0.05) is 17.3 Å². The summed E-state index contributed by atoms with van der Waals surface area (Å²) in [6.07, 6.45) is 1.73. The number of thiazole rings is 1. The minimum atomic E-state index is -0.207. The molecule has 0 radical (unpaired) electrons. The van der Waals surface area contributed by atoms with Crippen molar-refractivity contribution in [2.45, 2.75) is 6.92 Å². The molecular weight excluding hydrogens is 257 g/mol. The molecule has 0 aliphatic rings. The predicted molar refractivity (Wildman–Crippen MR) is 77.7 cm³/mol. The first-order valence-electron chi connectivity index (χ1n) is 6.02. The highest BCUT2D eigenvalue weighted by molar-refractivity contribution is 7.18. The van der Waals surface area contributed by atoms with Gasteiger partial charge in [-0.25, -0.2) is 9.37 Å². The Kier molecular flexibility index (Phi) is 3.13. The third-order valence-electron chi connectivity index (χ3n) is 2.94. The molecule has 94 valence electrons. The molecule has 0 aliphatic carbocycles. The molecule has 1 heterocycles. The second kappa shape index (κ2) is 4.94.